The Morgan fingerprint density at radius 2 is 1.47 bits per heavy atom. The molecule has 2 aromatic rings. The third-order valence-electron chi connectivity index (χ3n) is 6.11. The minimum absolute atomic E-state index is 0.242. The van der Waals surface area contributed by atoms with E-state index in [1.165, 1.54) is 4.90 Å². The predicted octanol–water partition coefficient (Wildman–Crippen LogP) is 3.62. The van der Waals surface area contributed by atoms with Crippen LogP contribution < -0.4 is 9.64 Å². The van der Waals surface area contributed by atoms with E-state index in [1.54, 1.807) is 0 Å². The van der Waals surface area contributed by atoms with Crippen LogP contribution in [0.4, 0.5) is 5.69 Å². The molecular weight excluding hydrogens is 402 g/mol. The van der Waals surface area contributed by atoms with Crippen molar-refractivity contribution in [2.75, 3.05) is 44.2 Å². The van der Waals surface area contributed by atoms with Gasteiger partial charge in [-0.1, -0.05) is 25.1 Å². The molecule has 0 N–H and O–H groups in total. The lowest BCUT2D eigenvalue weighted by molar-refractivity contribution is -0.120. The first-order valence-electron chi connectivity index (χ1n) is 11.3. The molecule has 1 saturated heterocycles. The van der Waals surface area contributed by atoms with Gasteiger partial charge in [0.05, 0.1) is 17.9 Å². The van der Waals surface area contributed by atoms with Crippen molar-refractivity contribution in [1.82, 2.24) is 9.80 Å². The predicted molar refractivity (Wildman–Crippen MR) is 127 cm³/mol. The monoisotopic (exact) mass is 433 g/mol. The van der Waals surface area contributed by atoms with E-state index in [-0.39, 0.29) is 11.8 Å². The van der Waals surface area contributed by atoms with E-state index < -0.39 is 0 Å². The summed E-state index contributed by atoms with van der Waals surface area (Å²) in [4.78, 5) is 33.2. The van der Waals surface area contributed by atoms with Gasteiger partial charge in [-0.15, -0.1) is 0 Å². The highest BCUT2D eigenvalue weighted by Gasteiger charge is 2.43. The number of hydrogen-bond acceptors (Lipinski definition) is 5. The van der Waals surface area contributed by atoms with E-state index in [1.807, 2.05) is 63.2 Å². The number of piperazine rings is 1. The summed E-state index contributed by atoms with van der Waals surface area (Å²) in [5, 5.41) is 0. The largest absolute Gasteiger partial charge is 0.494 e. The van der Waals surface area contributed by atoms with Crippen LogP contribution >= 0.6 is 0 Å². The van der Waals surface area contributed by atoms with Crippen molar-refractivity contribution in [2.45, 2.75) is 27.7 Å². The summed E-state index contributed by atoms with van der Waals surface area (Å²) in [6.07, 6.45) is 0. The molecule has 2 aliphatic rings. The molecule has 168 valence electrons. The van der Waals surface area contributed by atoms with Gasteiger partial charge in [0.2, 0.25) is 0 Å². The molecule has 0 saturated carbocycles. The molecule has 0 radical (unpaired) electrons. The van der Waals surface area contributed by atoms with Crippen molar-refractivity contribution >= 4 is 23.1 Å². The van der Waals surface area contributed by atoms with Crippen molar-refractivity contribution in [1.29, 1.82) is 0 Å². The van der Waals surface area contributed by atoms with Crippen molar-refractivity contribution in [2.24, 2.45) is 0 Å². The number of benzene rings is 2. The lowest BCUT2D eigenvalue weighted by Gasteiger charge is -2.36. The van der Waals surface area contributed by atoms with Crippen LogP contribution in [-0.4, -0.2) is 60.9 Å². The molecule has 32 heavy (non-hydrogen) atoms. The first-order chi connectivity index (χ1) is 15.4. The number of likely N-dealkylation sites (N-methyl/N-ethyl adjacent to an activating group) is 1. The molecule has 2 heterocycles. The number of nitrogens with zero attached hydrogens (tertiary/aromatic N) is 3. The van der Waals surface area contributed by atoms with Crippen molar-refractivity contribution < 1.29 is 14.3 Å². The molecule has 4 rings (SSSR count). The molecule has 6 heteroatoms. The fourth-order valence-corrected chi connectivity index (χ4v) is 4.56. The summed E-state index contributed by atoms with van der Waals surface area (Å²) in [6, 6.07) is 13.3. The maximum absolute atomic E-state index is 13.7. The molecule has 2 aromatic carbocycles. The van der Waals surface area contributed by atoms with E-state index in [4.69, 9.17) is 4.74 Å². The number of aryl methyl sites for hydroxylation is 2. The number of hydrogen-bond donors (Lipinski definition) is 0. The summed E-state index contributed by atoms with van der Waals surface area (Å²) in [5.74, 6) is 0.240. The second kappa shape index (κ2) is 9.17. The van der Waals surface area contributed by atoms with E-state index in [2.05, 4.69) is 16.7 Å². The summed E-state index contributed by atoms with van der Waals surface area (Å²) in [7, 11) is 0. The second-order valence-corrected chi connectivity index (χ2v) is 8.39. The maximum atomic E-state index is 13.7. The maximum Gasteiger partial charge on any atom is 0.282 e. The average Bonchev–Trinajstić information content (AvgIpc) is 3.04. The van der Waals surface area contributed by atoms with Crippen LogP contribution in [-0.2, 0) is 9.59 Å². The summed E-state index contributed by atoms with van der Waals surface area (Å²) in [6.45, 7) is 12.8. The van der Waals surface area contributed by atoms with Gasteiger partial charge in [0, 0.05) is 26.2 Å². The molecule has 0 spiro atoms. The quantitative estimate of drug-likeness (QED) is 0.652. The van der Waals surface area contributed by atoms with E-state index in [0.717, 1.165) is 55.2 Å². The van der Waals surface area contributed by atoms with Gasteiger partial charge in [-0.05, 0) is 68.3 Å². The Balaban J connectivity index is 1.77. The molecule has 0 unspecified atom stereocenters. The highest BCUT2D eigenvalue weighted by Crippen LogP contribution is 2.36. The van der Waals surface area contributed by atoms with E-state index >= 15 is 0 Å². The first-order valence-corrected chi connectivity index (χ1v) is 11.3. The van der Waals surface area contributed by atoms with Gasteiger partial charge in [0.1, 0.15) is 11.4 Å². The molecule has 0 aromatic heterocycles. The number of rotatable bonds is 6. The van der Waals surface area contributed by atoms with Crippen LogP contribution in [0.25, 0.3) is 5.57 Å². The number of ether oxygens (including phenoxy) is 1. The van der Waals surface area contributed by atoms with Crippen LogP contribution in [0.3, 0.4) is 0 Å². The number of carbonyl (C=O) groups excluding carboxylic acids is 2. The second-order valence-electron chi connectivity index (χ2n) is 8.39. The fourth-order valence-electron chi connectivity index (χ4n) is 4.56. The molecule has 0 atom stereocenters. The zero-order valence-corrected chi connectivity index (χ0v) is 19.4. The smallest absolute Gasteiger partial charge is 0.282 e. The van der Waals surface area contributed by atoms with Crippen molar-refractivity contribution in [3.8, 4) is 5.75 Å². The molecule has 6 nitrogen and oxygen atoms in total. The third kappa shape index (κ3) is 4.15. The molecule has 0 aliphatic carbocycles. The van der Waals surface area contributed by atoms with Crippen LogP contribution in [0, 0.1) is 13.8 Å². The van der Waals surface area contributed by atoms with Gasteiger partial charge in [0.25, 0.3) is 11.8 Å². The Morgan fingerprint density at radius 1 is 0.844 bits per heavy atom. The molecular formula is C26H31N3O3. The molecule has 2 aliphatic heterocycles. The Hall–Kier alpha value is -3.12. The SMILES string of the molecule is CCOc1ccc(C2=C(N3CCN(CC)CC3)C(=O)N(c3cc(C)cc(C)c3)C2=O)cc1. The van der Waals surface area contributed by atoms with Crippen molar-refractivity contribution in [3.05, 3.63) is 64.9 Å². The standard InChI is InChI=1S/C26H31N3O3/c1-5-27-11-13-28(14-12-27)24-23(20-7-9-22(10-8-20)32-6-2)25(30)29(26(24)31)21-16-18(3)15-19(4)17-21/h7-10,15-17H,5-6,11-14H2,1-4H3. The first kappa shape index (κ1) is 22.1. The topological polar surface area (TPSA) is 53.1 Å². The van der Waals surface area contributed by atoms with E-state index in [0.29, 0.717) is 23.6 Å². The zero-order chi connectivity index (χ0) is 22.8. The minimum atomic E-state index is -0.267. The number of imide groups is 1. The van der Waals surface area contributed by atoms with Gasteiger partial charge in [-0.3, -0.25) is 9.59 Å². The number of anilines is 1. The Bertz CT molecular complexity index is 1030. The Kier molecular flexibility index (Phi) is 6.33. The summed E-state index contributed by atoms with van der Waals surface area (Å²) >= 11 is 0. The zero-order valence-electron chi connectivity index (χ0n) is 19.4. The highest BCUT2D eigenvalue weighted by molar-refractivity contribution is 6.45. The third-order valence-corrected chi connectivity index (χ3v) is 6.11. The number of carbonyl (C=O) groups is 2. The van der Waals surface area contributed by atoms with Crippen molar-refractivity contribution in [3.63, 3.8) is 0 Å². The Labute approximate surface area is 190 Å². The number of amides is 2. The van der Waals surface area contributed by atoms with Crippen LogP contribution in [0.1, 0.15) is 30.5 Å². The van der Waals surface area contributed by atoms with Gasteiger partial charge in [-0.25, -0.2) is 4.90 Å². The van der Waals surface area contributed by atoms with Gasteiger partial charge < -0.3 is 14.5 Å². The lowest BCUT2D eigenvalue weighted by Crippen LogP contribution is -2.47. The summed E-state index contributed by atoms with van der Waals surface area (Å²) in [5.41, 5.74) is 4.40. The lowest BCUT2D eigenvalue weighted by atomic mass is 10.0. The van der Waals surface area contributed by atoms with Crippen LogP contribution in [0.15, 0.2) is 48.2 Å². The van der Waals surface area contributed by atoms with Gasteiger partial charge in [-0.2, -0.15) is 0 Å². The average molecular weight is 434 g/mol. The Morgan fingerprint density at radius 3 is 2.03 bits per heavy atom. The van der Waals surface area contributed by atoms with Gasteiger partial charge in [0.15, 0.2) is 0 Å². The minimum Gasteiger partial charge on any atom is -0.494 e. The molecule has 0 bridgehead atoms. The van der Waals surface area contributed by atoms with Crippen LogP contribution in [0.5, 0.6) is 5.75 Å². The highest BCUT2D eigenvalue weighted by atomic mass is 16.5. The molecule has 1 fully saturated rings. The van der Waals surface area contributed by atoms with Crippen LogP contribution in [0.2, 0.25) is 0 Å². The summed E-state index contributed by atoms with van der Waals surface area (Å²) < 4.78 is 5.56. The fraction of sp³-hybridized carbons (Fsp3) is 0.385. The van der Waals surface area contributed by atoms with E-state index in [9.17, 15) is 9.59 Å². The molecule has 2 amide bonds. The van der Waals surface area contributed by atoms with Gasteiger partial charge >= 0.3 is 0 Å². The normalized spacial score (nSPS) is 17.5.